The number of rotatable bonds is 6. The molecule has 0 fully saturated rings. The van der Waals surface area contributed by atoms with Crippen molar-refractivity contribution in [2.75, 3.05) is 19.4 Å². The van der Waals surface area contributed by atoms with Crippen LogP contribution in [0.2, 0.25) is 5.02 Å². The van der Waals surface area contributed by atoms with Gasteiger partial charge in [0.05, 0.1) is 17.6 Å². The Morgan fingerprint density at radius 3 is 2.67 bits per heavy atom. The van der Waals surface area contributed by atoms with Gasteiger partial charge < -0.3 is 15.5 Å². The van der Waals surface area contributed by atoms with E-state index in [1.807, 2.05) is 0 Å². The van der Waals surface area contributed by atoms with Crippen molar-refractivity contribution in [3.63, 3.8) is 0 Å². The first kappa shape index (κ1) is 15.4. The monoisotopic (exact) mass is 293 g/mol. The lowest BCUT2D eigenvalue weighted by molar-refractivity contribution is 0.0942. The second-order valence-electron chi connectivity index (χ2n) is 3.96. The molecule has 0 radical (unpaired) electrons. The SMILES string of the molecule is CS(=O)(=O)c1cccc(Cl)c1CNCC(O)CO. The number of benzene rings is 1. The van der Waals surface area contributed by atoms with Crippen LogP contribution in [0, 0.1) is 0 Å². The van der Waals surface area contributed by atoms with Gasteiger partial charge in [0.1, 0.15) is 0 Å². The minimum atomic E-state index is -3.35. The van der Waals surface area contributed by atoms with E-state index >= 15 is 0 Å². The summed E-state index contributed by atoms with van der Waals surface area (Å²) in [5.74, 6) is 0. The predicted molar refractivity (Wildman–Crippen MR) is 69.4 cm³/mol. The van der Waals surface area contributed by atoms with Gasteiger partial charge in [-0.25, -0.2) is 8.42 Å². The summed E-state index contributed by atoms with van der Waals surface area (Å²) in [5, 5.41) is 21.0. The van der Waals surface area contributed by atoms with E-state index in [1.54, 1.807) is 12.1 Å². The first-order valence-electron chi connectivity index (χ1n) is 5.33. The van der Waals surface area contributed by atoms with Crippen LogP contribution in [-0.2, 0) is 16.4 Å². The van der Waals surface area contributed by atoms with Crippen molar-refractivity contribution in [1.29, 1.82) is 0 Å². The van der Waals surface area contributed by atoms with E-state index in [0.717, 1.165) is 6.26 Å². The predicted octanol–water partition coefficient (Wildman–Crippen LogP) is 0.186. The van der Waals surface area contributed by atoms with Crippen LogP contribution in [0.25, 0.3) is 0 Å². The Labute approximate surface area is 111 Å². The number of halogens is 1. The fraction of sp³-hybridized carbons (Fsp3) is 0.455. The van der Waals surface area contributed by atoms with Gasteiger partial charge in [0, 0.05) is 29.9 Å². The zero-order valence-electron chi connectivity index (χ0n) is 9.93. The molecular weight excluding hydrogens is 278 g/mol. The highest BCUT2D eigenvalue weighted by atomic mass is 35.5. The van der Waals surface area contributed by atoms with Gasteiger partial charge in [-0.3, -0.25) is 0 Å². The minimum absolute atomic E-state index is 0.158. The highest BCUT2D eigenvalue weighted by Crippen LogP contribution is 2.23. The lowest BCUT2D eigenvalue weighted by Crippen LogP contribution is -2.29. The van der Waals surface area contributed by atoms with Crippen LogP contribution in [0.1, 0.15) is 5.56 Å². The van der Waals surface area contributed by atoms with Gasteiger partial charge in [-0.05, 0) is 12.1 Å². The van der Waals surface area contributed by atoms with Crippen LogP contribution in [-0.4, -0.2) is 44.1 Å². The van der Waals surface area contributed by atoms with E-state index < -0.39 is 15.9 Å². The van der Waals surface area contributed by atoms with E-state index in [0.29, 0.717) is 10.6 Å². The maximum absolute atomic E-state index is 11.6. The third kappa shape index (κ3) is 4.22. The molecule has 3 N–H and O–H groups in total. The molecule has 1 unspecified atom stereocenters. The quantitative estimate of drug-likeness (QED) is 0.697. The van der Waals surface area contributed by atoms with E-state index in [-0.39, 0.29) is 24.6 Å². The normalized spacial score (nSPS) is 13.6. The highest BCUT2D eigenvalue weighted by Gasteiger charge is 2.15. The van der Waals surface area contributed by atoms with Crippen molar-refractivity contribution in [2.45, 2.75) is 17.5 Å². The number of aliphatic hydroxyl groups excluding tert-OH is 2. The van der Waals surface area contributed by atoms with Crippen molar-refractivity contribution < 1.29 is 18.6 Å². The molecule has 1 atom stereocenters. The molecule has 0 saturated carbocycles. The average molecular weight is 294 g/mol. The van der Waals surface area contributed by atoms with Crippen molar-refractivity contribution in [3.8, 4) is 0 Å². The average Bonchev–Trinajstić information content (AvgIpc) is 2.29. The van der Waals surface area contributed by atoms with Crippen LogP contribution >= 0.6 is 11.6 Å². The molecule has 0 aliphatic heterocycles. The molecule has 18 heavy (non-hydrogen) atoms. The summed E-state index contributed by atoms with van der Waals surface area (Å²) >= 11 is 5.97. The summed E-state index contributed by atoms with van der Waals surface area (Å²) in [7, 11) is -3.35. The third-order valence-electron chi connectivity index (χ3n) is 2.37. The molecule has 0 saturated heterocycles. The summed E-state index contributed by atoms with van der Waals surface area (Å²) in [6.45, 7) is 0.0124. The second kappa shape index (κ2) is 6.49. The largest absolute Gasteiger partial charge is 0.394 e. The molecule has 102 valence electrons. The zero-order valence-corrected chi connectivity index (χ0v) is 11.5. The van der Waals surface area contributed by atoms with Crippen LogP contribution < -0.4 is 5.32 Å². The Bertz CT molecular complexity index is 504. The van der Waals surface area contributed by atoms with E-state index in [1.165, 1.54) is 6.07 Å². The minimum Gasteiger partial charge on any atom is -0.394 e. The molecular formula is C11H16ClNO4S. The maximum atomic E-state index is 11.6. The summed E-state index contributed by atoms with van der Waals surface area (Å²) in [4.78, 5) is 0.168. The third-order valence-corrected chi connectivity index (χ3v) is 3.90. The molecule has 0 aliphatic rings. The van der Waals surface area contributed by atoms with Gasteiger partial charge in [-0.15, -0.1) is 0 Å². The van der Waals surface area contributed by atoms with Crippen LogP contribution in [0.3, 0.4) is 0 Å². The fourth-order valence-electron chi connectivity index (χ4n) is 1.49. The Morgan fingerprint density at radius 2 is 2.11 bits per heavy atom. The first-order valence-corrected chi connectivity index (χ1v) is 7.60. The topological polar surface area (TPSA) is 86.6 Å². The number of aliphatic hydroxyl groups is 2. The molecule has 1 aromatic carbocycles. The Hall–Kier alpha value is -0.660. The maximum Gasteiger partial charge on any atom is 0.175 e. The zero-order chi connectivity index (χ0) is 13.8. The molecule has 0 amide bonds. The molecule has 0 bridgehead atoms. The summed E-state index contributed by atoms with van der Waals surface area (Å²) < 4.78 is 23.2. The van der Waals surface area contributed by atoms with E-state index in [2.05, 4.69) is 5.32 Å². The van der Waals surface area contributed by atoms with Gasteiger partial charge in [-0.2, -0.15) is 0 Å². The van der Waals surface area contributed by atoms with Crippen LogP contribution in [0.15, 0.2) is 23.1 Å². The Morgan fingerprint density at radius 1 is 1.44 bits per heavy atom. The number of hydrogen-bond acceptors (Lipinski definition) is 5. The van der Waals surface area contributed by atoms with Gasteiger partial charge in [-0.1, -0.05) is 17.7 Å². The molecule has 0 heterocycles. The number of sulfone groups is 1. The van der Waals surface area contributed by atoms with E-state index in [9.17, 15) is 13.5 Å². The van der Waals surface area contributed by atoms with Crippen molar-refractivity contribution in [1.82, 2.24) is 5.32 Å². The van der Waals surface area contributed by atoms with Crippen LogP contribution in [0.4, 0.5) is 0 Å². The van der Waals surface area contributed by atoms with Crippen molar-refractivity contribution >= 4 is 21.4 Å². The van der Waals surface area contributed by atoms with E-state index in [4.69, 9.17) is 16.7 Å². The van der Waals surface area contributed by atoms with Crippen molar-refractivity contribution in [2.24, 2.45) is 0 Å². The van der Waals surface area contributed by atoms with Gasteiger partial charge >= 0.3 is 0 Å². The lowest BCUT2D eigenvalue weighted by Gasteiger charge is -2.12. The molecule has 0 aliphatic carbocycles. The summed E-state index contributed by atoms with van der Waals surface area (Å²) in [5.41, 5.74) is 0.465. The second-order valence-corrected chi connectivity index (χ2v) is 6.35. The highest BCUT2D eigenvalue weighted by molar-refractivity contribution is 7.90. The molecule has 5 nitrogen and oxygen atoms in total. The summed E-state index contributed by atoms with van der Waals surface area (Å²) in [6.07, 6.45) is 0.235. The number of hydrogen-bond donors (Lipinski definition) is 3. The Balaban J connectivity index is 2.88. The molecule has 1 rings (SSSR count). The van der Waals surface area contributed by atoms with Gasteiger partial charge in [0.2, 0.25) is 0 Å². The van der Waals surface area contributed by atoms with Crippen molar-refractivity contribution in [3.05, 3.63) is 28.8 Å². The first-order chi connectivity index (χ1) is 8.36. The molecule has 0 spiro atoms. The molecule has 7 heteroatoms. The van der Waals surface area contributed by atoms with Gasteiger partial charge in [0.25, 0.3) is 0 Å². The summed E-state index contributed by atoms with van der Waals surface area (Å²) in [6, 6.07) is 4.67. The fourth-order valence-corrected chi connectivity index (χ4v) is 2.74. The number of nitrogens with one attached hydrogen (secondary N) is 1. The van der Waals surface area contributed by atoms with Crippen LogP contribution in [0.5, 0.6) is 0 Å². The molecule has 0 aromatic heterocycles. The Kier molecular flexibility index (Phi) is 5.55. The standard InChI is InChI=1S/C11H16ClNO4S/c1-18(16,17)11-4-2-3-10(12)9(11)6-13-5-8(15)7-14/h2-4,8,13-15H,5-7H2,1H3. The smallest absolute Gasteiger partial charge is 0.175 e. The molecule has 1 aromatic rings. The lowest BCUT2D eigenvalue weighted by atomic mass is 10.2. The van der Waals surface area contributed by atoms with Gasteiger partial charge in [0.15, 0.2) is 9.84 Å².